The summed E-state index contributed by atoms with van der Waals surface area (Å²) in [6, 6.07) is 16.2. The lowest BCUT2D eigenvalue weighted by atomic mass is 10.2. The molecule has 0 unspecified atom stereocenters. The summed E-state index contributed by atoms with van der Waals surface area (Å²) in [7, 11) is 1.55. The van der Waals surface area contributed by atoms with Crippen LogP contribution >= 0.6 is 0 Å². The summed E-state index contributed by atoms with van der Waals surface area (Å²) in [5, 5.41) is 2.64. The molecular weight excluding hydrogens is 332 g/mol. The van der Waals surface area contributed by atoms with Gasteiger partial charge in [-0.15, -0.1) is 0 Å². The number of anilines is 1. The zero-order valence-electron chi connectivity index (χ0n) is 14.2. The number of primary amides is 1. The first-order chi connectivity index (χ1) is 12.6. The Balaban J connectivity index is 1.83. The van der Waals surface area contributed by atoms with Crippen molar-refractivity contribution >= 4 is 17.6 Å². The highest BCUT2D eigenvalue weighted by Gasteiger charge is 2.19. The van der Waals surface area contributed by atoms with E-state index in [0.29, 0.717) is 17.9 Å². The van der Waals surface area contributed by atoms with Crippen LogP contribution < -0.4 is 15.8 Å². The van der Waals surface area contributed by atoms with E-state index in [1.165, 1.54) is 6.33 Å². The van der Waals surface area contributed by atoms with E-state index in [1.54, 1.807) is 35.9 Å². The van der Waals surface area contributed by atoms with Crippen molar-refractivity contribution in [2.24, 2.45) is 5.73 Å². The Morgan fingerprint density at radius 2 is 1.81 bits per heavy atom. The summed E-state index contributed by atoms with van der Waals surface area (Å²) in [5.74, 6) is -0.274. The van der Waals surface area contributed by atoms with Crippen LogP contribution in [0.2, 0.25) is 0 Å². The van der Waals surface area contributed by atoms with Gasteiger partial charge in [-0.05, 0) is 29.8 Å². The number of nitrogens with one attached hydrogen (secondary N) is 1. The van der Waals surface area contributed by atoms with E-state index < -0.39 is 5.91 Å². The lowest BCUT2D eigenvalue weighted by Crippen LogP contribution is -2.21. The lowest BCUT2D eigenvalue weighted by molar-refractivity contribution is 0.0993. The van der Waals surface area contributed by atoms with Crippen LogP contribution in [0.5, 0.6) is 5.75 Å². The van der Waals surface area contributed by atoms with Crippen molar-refractivity contribution in [2.75, 3.05) is 12.4 Å². The number of hydrogen-bond donors (Lipinski definition) is 2. The number of nitrogens with two attached hydrogens (primary N) is 1. The van der Waals surface area contributed by atoms with E-state index in [0.717, 1.165) is 5.56 Å². The molecule has 0 atom stereocenters. The van der Waals surface area contributed by atoms with Gasteiger partial charge in [0.2, 0.25) is 0 Å². The molecule has 0 aliphatic carbocycles. The van der Waals surface area contributed by atoms with Gasteiger partial charge in [0.1, 0.15) is 5.75 Å². The molecular formula is C19H18N4O3. The molecule has 3 N–H and O–H groups in total. The molecule has 0 saturated heterocycles. The fraction of sp³-hybridized carbons (Fsp3) is 0.105. The van der Waals surface area contributed by atoms with Gasteiger partial charge in [0.05, 0.1) is 13.4 Å². The number of benzene rings is 2. The number of aromatic nitrogens is 2. The molecule has 2 aromatic carbocycles. The van der Waals surface area contributed by atoms with Crippen molar-refractivity contribution in [1.29, 1.82) is 0 Å². The van der Waals surface area contributed by atoms with Gasteiger partial charge in [0, 0.05) is 12.1 Å². The number of methoxy groups -OCH3 is 1. The normalized spacial score (nSPS) is 10.3. The van der Waals surface area contributed by atoms with Crippen LogP contribution in [0.25, 0.3) is 0 Å². The van der Waals surface area contributed by atoms with Gasteiger partial charge in [-0.1, -0.05) is 30.3 Å². The molecule has 0 radical (unpaired) electrons. The number of hydrogen-bond acceptors (Lipinski definition) is 4. The lowest BCUT2D eigenvalue weighted by Gasteiger charge is -2.08. The highest BCUT2D eigenvalue weighted by atomic mass is 16.5. The number of imidazole rings is 1. The predicted molar refractivity (Wildman–Crippen MR) is 97.2 cm³/mol. The molecule has 0 aliphatic heterocycles. The van der Waals surface area contributed by atoms with Crippen molar-refractivity contribution in [2.45, 2.75) is 6.54 Å². The van der Waals surface area contributed by atoms with Crippen LogP contribution in [0.3, 0.4) is 0 Å². The molecule has 1 heterocycles. The summed E-state index contributed by atoms with van der Waals surface area (Å²) in [6.45, 7) is 0.421. The molecule has 7 heteroatoms. The third-order valence-corrected chi connectivity index (χ3v) is 3.85. The zero-order chi connectivity index (χ0) is 18.5. The number of carbonyl (C=O) groups is 2. The Labute approximate surface area is 150 Å². The van der Waals surface area contributed by atoms with E-state index in [9.17, 15) is 9.59 Å². The molecule has 26 heavy (non-hydrogen) atoms. The van der Waals surface area contributed by atoms with E-state index in [1.807, 2.05) is 30.3 Å². The second kappa shape index (κ2) is 7.52. The molecule has 0 saturated carbocycles. The Hall–Kier alpha value is -3.61. The SMILES string of the molecule is COc1ccc(C(=O)Nc2ncn(Cc3ccccc3)c2C(N)=O)cc1. The fourth-order valence-electron chi connectivity index (χ4n) is 2.55. The number of carbonyl (C=O) groups excluding carboxylic acids is 2. The maximum atomic E-state index is 12.4. The highest BCUT2D eigenvalue weighted by molar-refractivity contribution is 6.07. The van der Waals surface area contributed by atoms with Gasteiger partial charge >= 0.3 is 0 Å². The summed E-state index contributed by atoms with van der Waals surface area (Å²) in [6.07, 6.45) is 1.48. The summed E-state index contributed by atoms with van der Waals surface area (Å²) < 4.78 is 6.68. The molecule has 0 spiro atoms. The first-order valence-electron chi connectivity index (χ1n) is 7.92. The van der Waals surface area contributed by atoms with Gasteiger partial charge in [0.15, 0.2) is 11.5 Å². The first kappa shape index (κ1) is 17.2. The van der Waals surface area contributed by atoms with Gasteiger partial charge in [-0.25, -0.2) is 4.98 Å². The van der Waals surface area contributed by atoms with Crippen molar-refractivity contribution in [3.8, 4) is 5.75 Å². The molecule has 1 aromatic heterocycles. The monoisotopic (exact) mass is 350 g/mol. The third kappa shape index (κ3) is 3.72. The average molecular weight is 350 g/mol. The van der Waals surface area contributed by atoms with E-state index in [4.69, 9.17) is 10.5 Å². The van der Waals surface area contributed by atoms with E-state index >= 15 is 0 Å². The molecule has 3 aromatic rings. The van der Waals surface area contributed by atoms with Gasteiger partial charge in [0.25, 0.3) is 11.8 Å². The predicted octanol–water partition coefficient (Wildman–Crippen LogP) is 2.29. The van der Waals surface area contributed by atoms with Crippen LogP contribution in [0, 0.1) is 0 Å². The second-order valence-corrected chi connectivity index (χ2v) is 5.60. The molecule has 0 bridgehead atoms. The van der Waals surface area contributed by atoms with Crippen molar-refractivity contribution < 1.29 is 14.3 Å². The summed E-state index contributed by atoms with van der Waals surface area (Å²) in [4.78, 5) is 28.4. The number of ether oxygens (including phenoxy) is 1. The minimum absolute atomic E-state index is 0.134. The second-order valence-electron chi connectivity index (χ2n) is 5.60. The van der Waals surface area contributed by atoms with Gasteiger partial charge in [-0.3, -0.25) is 9.59 Å². The first-order valence-corrected chi connectivity index (χ1v) is 7.92. The van der Waals surface area contributed by atoms with E-state index in [-0.39, 0.29) is 17.4 Å². The van der Waals surface area contributed by atoms with Crippen LogP contribution in [0.1, 0.15) is 26.4 Å². The summed E-state index contributed by atoms with van der Waals surface area (Å²) >= 11 is 0. The molecule has 3 rings (SSSR count). The largest absolute Gasteiger partial charge is 0.497 e. The van der Waals surface area contributed by atoms with Gasteiger partial charge < -0.3 is 20.4 Å². The molecule has 2 amide bonds. The quantitative estimate of drug-likeness (QED) is 0.712. The minimum atomic E-state index is -0.663. The van der Waals surface area contributed by atoms with Gasteiger partial charge in [-0.2, -0.15) is 0 Å². The van der Waals surface area contributed by atoms with Crippen molar-refractivity contribution in [1.82, 2.24) is 9.55 Å². The van der Waals surface area contributed by atoms with Crippen LogP contribution in [0.4, 0.5) is 5.82 Å². The average Bonchev–Trinajstić information content (AvgIpc) is 3.05. The number of rotatable bonds is 6. The smallest absolute Gasteiger partial charge is 0.269 e. The Morgan fingerprint density at radius 1 is 1.12 bits per heavy atom. The topological polar surface area (TPSA) is 99.2 Å². The molecule has 0 aliphatic rings. The van der Waals surface area contributed by atoms with Crippen LogP contribution in [-0.2, 0) is 6.54 Å². The zero-order valence-corrected chi connectivity index (χ0v) is 14.2. The minimum Gasteiger partial charge on any atom is -0.497 e. The summed E-state index contributed by atoms with van der Waals surface area (Å²) in [5.41, 5.74) is 7.05. The van der Waals surface area contributed by atoms with Crippen LogP contribution in [-0.4, -0.2) is 28.5 Å². The van der Waals surface area contributed by atoms with Crippen molar-refractivity contribution in [3.63, 3.8) is 0 Å². The number of nitrogens with zero attached hydrogens (tertiary/aromatic N) is 2. The highest BCUT2D eigenvalue weighted by Crippen LogP contribution is 2.17. The molecule has 132 valence electrons. The van der Waals surface area contributed by atoms with Crippen molar-refractivity contribution in [3.05, 3.63) is 77.7 Å². The third-order valence-electron chi connectivity index (χ3n) is 3.85. The Bertz CT molecular complexity index is 918. The van der Waals surface area contributed by atoms with E-state index in [2.05, 4.69) is 10.3 Å². The number of amides is 2. The maximum Gasteiger partial charge on any atom is 0.269 e. The Kier molecular flexibility index (Phi) is 4.98. The Morgan fingerprint density at radius 3 is 2.42 bits per heavy atom. The maximum absolute atomic E-state index is 12.4. The molecule has 0 fully saturated rings. The van der Waals surface area contributed by atoms with Crippen LogP contribution in [0.15, 0.2) is 60.9 Å². The molecule has 7 nitrogen and oxygen atoms in total. The standard InChI is InChI=1S/C19H18N4O3/c1-26-15-9-7-14(8-10-15)19(25)22-18-16(17(20)24)23(12-21-18)11-13-5-3-2-4-6-13/h2-10,12H,11H2,1H3,(H2,20,24)(H,22,25). The fourth-order valence-corrected chi connectivity index (χ4v) is 2.55.